The first-order valence-corrected chi connectivity index (χ1v) is 8.38. The van der Waals surface area contributed by atoms with Crippen molar-refractivity contribution < 1.29 is 4.79 Å². The van der Waals surface area contributed by atoms with E-state index in [1.807, 2.05) is 41.2 Å². The Morgan fingerprint density at radius 3 is 2.64 bits per heavy atom. The minimum atomic E-state index is -0.369. The Morgan fingerprint density at radius 2 is 1.84 bits per heavy atom. The summed E-state index contributed by atoms with van der Waals surface area (Å²) in [5.41, 5.74) is 1.49. The van der Waals surface area contributed by atoms with E-state index in [4.69, 9.17) is 0 Å². The molecule has 0 aliphatic heterocycles. The fraction of sp³-hybridized carbons (Fsp3) is 0.294. The van der Waals surface area contributed by atoms with Gasteiger partial charge in [0, 0.05) is 6.20 Å². The summed E-state index contributed by atoms with van der Waals surface area (Å²) in [7, 11) is 0. The quantitative estimate of drug-likeness (QED) is 0.765. The summed E-state index contributed by atoms with van der Waals surface area (Å²) in [6.45, 7) is 0. The molecule has 2 amide bonds. The number of anilines is 2. The average Bonchev–Trinajstić information content (AvgIpc) is 3.37. The van der Waals surface area contributed by atoms with Crippen molar-refractivity contribution in [2.45, 2.75) is 31.7 Å². The minimum Gasteiger partial charge on any atom is -0.305 e. The predicted molar refractivity (Wildman–Crippen MR) is 93.7 cm³/mol. The van der Waals surface area contributed by atoms with Gasteiger partial charge in [-0.2, -0.15) is 10.2 Å². The first kappa shape index (κ1) is 15.4. The van der Waals surface area contributed by atoms with Crippen molar-refractivity contribution in [2.75, 3.05) is 10.6 Å². The normalized spacial score (nSPS) is 14.6. The van der Waals surface area contributed by atoms with Gasteiger partial charge in [-0.05, 0) is 25.0 Å². The van der Waals surface area contributed by atoms with E-state index in [9.17, 15) is 4.79 Å². The van der Waals surface area contributed by atoms with Crippen LogP contribution >= 0.6 is 0 Å². The van der Waals surface area contributed by atoms with Crippen LogP contribution in [-0.4, -0.2) is 30.8 Å². The summed E-state index contributed by atoms with van der Waals surface area (Å²) in [4.78, 5) is 13.6. The number of hydrogen-bond acceptors (Lipinski definition) is 4. The van der Waals surface area contributed by atoms with Crippen LogP contribution in [0.3, 0.4) is 0 Å². The van der Waals surface area contributed by atoms with E-state index in [0.717, 1.165) is 18.5 Å². The molecule has 128 valence electrons. The van der Waals surface area contributed by atoms with Gasteiger partial charge in [-0.3, -0.25) is 10.00 Å². The molecule has 2 aromatic heterocycles. The monoisotopic (exact) mass is 337 g/mol. The fourth-order valence-corrected chi connectivity index (χ4v) is 3.06. The lowest BCUT2D eigenvalue weighted by Crippen LogP contribution is -2.19. The van der Waals surface area contributed by atoms with E-state index in [1.54, 1.807) is 6.20 Å². The van der Waals surface area contributed by atoms with Crippen LogP contribution in [0.5, 0.6) is 0 Å². The van der Waals surface area contributed by atoms with Crippen molar-refractivity contribution in [1.29, 1.82) is 0 Å². The van der Waals surface area contributed by atoms with Gasteiger partial charge in [-0.15, -0.1) is 9.90 Å². The van der Waals surface area contributed by atoms with Crippen LogP contribution in [0.2, 0.25) is 0 Å². The molecule has 2 heterocycles. The van der Waals surface area contributed by atoms with Gasteiger partial charge in [0.1, 0.15) is 0 Å². The van der Waals surface area contributed by atoms with Crippen molar-refractivity contribution >= 4 is 17.5 Å². The zero-order valence-electron chi connectivity index (χ0n) is 13.7. The Bertz CT molecular complexity index is 849. The second-order valence-corrected chi connectivity index (χ2v) is 6.08. The van der Waals surface area contributed by atoms with Gasteiger partial charge < -0.3 is 5.32 Å². The van der Waals surface area contributed by atoms with Gasteiger partial charge in [-0.25, -0.2) is 4.79 Å². The molecule has 1 fully saturated rings. The maximum absolute atomic E-state index is 12.1. The smallest absolute Gasteiger partial charge is 0.305 e. The van der Waals surface area contributed by atoms with Crippen LogP contribution in [0.4, 0.5) is 16.3 Å². The van der Waals surface area contributed by atoms with Gasteiger partial charge in [0.15, 0.2) is 5.82 Å². The summed E-state index contributed by atoms with van der Waals surface area (Å²) >= 11 is 0. The second kappa shape index (κ2) is 6.76. The maximum Gasteiger partial charge on any atom is 0.325 e. The van der Waals surface area contributed by atoms with Crippen molar-refractivity contribution in [2.24, 2.45) is 0 Å². The molecule has 0 bridgehead atoms. The third-order valence-electron chi connectivity index (χ3n) is 4.28. The molecule has 25 heavy (non-hydrogen) atoms. The number of amides is 2. The molecule has 2 N–H and O–H groups in total. The van der Waals surface area contributed by atoms with E-state index >= 15 is 0 Å². The Balaban J connectivity index is 1.37. The summed E-state index contributed by atoms with van der Waals surface area (Å²) in [6.07, 6.45) is 9.82. The molecule has 0 saturated heterocycles. The largest absolute Gasteiger partial charge is 0.325 e. The molecule has 1 aliphatic carbocycles. The highest BCUT2D eigenvalue weighted by molar-refractivity contribution is 5.98. The number of carbonyl (C=O) groups excluding carboxylic acids is 1. The number of rotatable bonds is 4. The molecule has 1 aromatic carbocycles. The molecule has 1 saturated carbocycles. The van der Waals surface area contributed by atoms with Gasteiger partial charge in [0.2, 0.25) is 0 Å². The maximum atomic E-state index is 12.1. The minimum absolute atomic E-state index is 0.369. The summed E-state index contributed by atoms with van der Waals surface area (Å²) in [6, 6.07) is 9.59. The number of nitrogens with zero attached hydrogens (tertiary/aromatic N) is 5. The van der Waals surface area contributed by atoms with Crippen molar-refractivity contribution in [3.63, 3.8) is 0 Å². The summed E-state index contributed by atoms with van der Waals surface area (Å²) in [5.74, 6) is 0.379. The molecule has 1 aliphatic rings. The van der Waals surface area contributed by atoms with E-state index in [1.165, 1.54) is 23.8 Å². The van der Waals surface area contributed by atoms with Crippen molar-refractivity contribution in [1.82, 2.24) is 24.8 Å². The fourth-order valence-electron chi connectivity index (χ4n) is 3.06. The molecular weight excluding hydrogens is 318 g/mol. The third-order valence-corrected chi connectivity index (χ3v) is 4.28. The second-order valence-electron chi connectivity index (χ2n) is 6.08. The van der Waals surface area contributed by atoms with Gasteiger partial charge in [-0.1, -0.05) is 31.0 Å². The van der Waals surface area contributed by atoms with Crippen LogP contribution in [0.1, 0.15) is 31.7 Å². The molecule has 3 aromatic rings. The number of para-hydroxylation sites is 1. The topological polar surface area (TPSA) is 89.7 Å². The van der Waals surface area contributed by atoms with E-state index in [-0.39, 0.29) is 6.03 Å². The van der Waals surface area contributed by atoms with Crippen LogP contribution in [-0.2, 0) is 0 Å². The highest BCUT2D eigenvalue weighted by Crippen LogP contribution is 2.29. The predicted octanol–water partition coefficient (Wildman–Crippen LogP) is 3.22. The lowest BCUT2D eigenvalue weighted by Gasteiger charge is -2.08. The standard InChI is InChI=1S/C17H19N7O/c25-17(20-13-10-18-23(12-13)14-6-4-5-7-14)21-16-11-19-24(22-16)15-8-2-1-3-9-15/h1-3,8-12,14H,4-7H2,(H2,20,21,22,25). The first-order valence-electron chi connectivity index (χ1n) is 8.38. The number of urea groups is 1. The Kier molecular flexibility index (Phi) is 4.16. The molecule has 0 atom stereocenters. The molecule has 0 spiro atoms. The van der Waals surface area contributed by atoms with Crippen molar-refractivity contribution in [3.8, 4) is 5.69 Å². The lowest BCUT2D eigenvalue weighted by atomic mass is 10.3. The van der Waals surface area contributed by atoms with Gasteiger partial charge >= 0.3 is 6.03 Å². The van der Waals surface area contributed by atoms with E-state index < -0.39 is 0 Å². The van der Waals surface area contributed by atoms with Gasteiger partial charge in [0.25, 0.3) is 0 Å². The highest BCUT2D eigenvalue weighted by atomic mass is 16.2. The first-order chi connectivity index (χ1) is 12.3. The molecule has 8 nitrogen and oxygen atoms in total. The zero-order valence-corrected chi connectivity index (χ0v) is 13.7. The third kappa shape index (κ3) is 3.52. The molecular formula is C17H19N7O. The Morgan fingerprint density at radius 1 is 1.04 bits per heavy atom. The van der Waals surface area contributed by atoms with E-state index in [0.29, 0.717) is 17.5 Å². The lowest BCUT2D eigenvalue weighted by molar-refractivity contribution is 0.262. The Hall–Kier alpha value is -3.16. The number of hydrogen-bond donors (Lipinski definition) is 2. The van der Waals surface area contributed by atoms with Crippen LogP contribution in [0.15, 0.2) is 48.9 Å². The molecule has 0 unspecified atom stereocenters. The zero-order chi connectivity index (χ0) is 17.1. The number of aromatic nitrogens is 5. The summed E-state index contributed by atoms with van der Waals surface area (Å²) in [5, 5.41) is 18.2. The highest BCUT2D eigenvalue weighted by Gasteiger charge is 2.18. The molecule has 4 rings (SSSR count). The van der Waals surface area contributed by atoms with E-state index in [2.05, 4.69) is 25.9 Å². The number of benzene rings is 1. The number of nitrogens with one attached hydrogen (secondary N) is 2. The molecule has 8 heteroatoms. The van der Waals surface area contributed by atoms with Crippen LogP contribution < -0.4 is 10.6 Å². The SMILES string of the molecule is O=C(Nc1cnn(C2CCCC2)c1)Nc1cnn(-c2ccccc2)n1. The van der Waals surface area contributed by atoms with Crippen LogP contribution in [0, 0.1) is 0 Å². The summed E-state index contributed by atoms with van der Waals surface area (Å²) < 4.78 is 1.94. The van der Waals surface area contributed by atoms with Crippen LogP contribution in [0.25, 0.3) is 5.69 Å². The number of carbonyl (C=O) groups is 1. The Labute approximate surface area is 144 Å². The average molecular weight is 337 g/mol. The molecule has 0 radical (unpaired) electrons. The van der Waals surface area contributed by atoms with Gasteiger partial charge in [0.05, 0.1) is 29.8 Å². The van der Waals surface area contributed by atoms with Crippen molar-refractivity contribution in [3.05, 3.63) is 48.9 Å².